The SMILES string of the molecule is N#C[CH]c1ccc2ccccc2c1. The fourth-order valence-corrected chi connectivity index (χ4v) is 1.37. The van der Waals surface area contributed by atoms with E-state index < -0.39 is 0 Å². The van der Waals surface area contributed by atoms with Crippen LogP contribution in [-0.2, 0) is 0 Å². The van der Waals surface area contributed by atoms with E-state index in [0.717, 1.165) is 5.56 Å². The normalized spacial score (nSPS) is 9.77. The van der Waals surface area contributed by atoms with Crippen molar-refractivity contribution in [1.29, 1.82) is 5.26 Å². The number of rotatable bonds is 1. The van der Waals surface area contributed by atoms with E-state index in [9.17, 15) is 0 Å². The minimum atomic E-state index is 0.959. The molecule has 0 aliphatic carbocycles. The van der Waals surface area contributed by atoms with Gasteiger partial charge >= 0.3 is 0 Å². The highest BCUT2D eigenvalue weighted by molar-refractivity contribution is 5.83. The van der Waals surface area contributed by atoms with Gasteiger partial charge in [0.15, 0.2) is 0 Å². The Labute approximate surface area is 77.2 Å². The van der Waals surface area contributed by atoms with Gasteiger partial charge in [-0.25, -0.2) is 0 Å². The van der Waals surface area contributed by atoms with Gasteiger partial charge in [0.25, 0.3) is 0 Å². The highest BCUT2D eigenvalue weighted by Crippen LogP contribution is 2.16. The van der Waals surface area contributed by atoms with Crippen molar-refractivity contribution in [3.8, 4) is 6.07 Å². The lowest BCUT2D eigenvalue weighted by atomic mass is 10.1. The average molecular weight is 166 g/mol. The molecule has 0 saturated heterocycles. The smallest absolute Gasteiger partial charge is 0.0912 e. The summed E-state index contributed by atoms with van der Waals surface area (Å²) >= 11 is 0. The number of benzene rings is 2. The van der Waals surface area contributed by atoms with Crippen LogP contribution in [0.3, 0.4) is 0 Å². The maximum atomic E-state index is 8.49. The molecular formula is C12H8N. The molecule has 0 saturated carbocycles. The summed E-state index contributed by atoms with van der Waals surface area (Å²) in [4.78, 5) is 0. The summed E-state index contributed by atoms with van der Waals surface area (Å²) in [6, 6.07) is 16.1. The van der Waals surface area contributed by atoms with E-state index >= 15 is 0 Å². The number of hydrogen-bond acceptors (Lipinski definition) is 1. The van der Waals surface area contributed by atoms with Crippen LogP contribution in [0.2, 0.25) is 0 Å². The van der Waals surface area contributed by atoms with Gasteiger partial charge < -0.3 is 0 Å². The first-order valence-electron chi connectivity index (χ1n) is 4.12. The molecule has 0 heterocycles. The largest absolute Gasteiger partial charge is 0.198 e. The number of fused-ring (bicyclic) bond motifs is 1. The molecule has 1 radical (unpaired) electrons. The zero-order valence-corrected chi connectivity index (χ0v) is 7.07. The lowest BCUT2D eigenvalue weighted by Gasteiger charge is -1.98. The maximum absolute atomic E-state index is 8.49. The Morgan fingerprint density at radius 2 is 1.77 bits per heavy atom. The fraction of sp³-hybridized carbons (Fsp3) is 0. The van der Waals surface area contributed by atoms with Gasteiger partial charge in [0, 0.05) is 0 Å². The lowest BCUT2D eigenvalue weighted by molar-refractivity contribution is 1.47. The minimum Gasteiger partial charge on any atom is -0.198 e. The predicted octanol–water partition coefficient (Wildman–Crippen LogP) is 2.92. The van der Waals surface area contributed by atoms with Gasteiger partial charge in [-0.15, -0.1) is 0 Å². The zero-order valence-electron chi connectivity index (χ0n) is 7.07. The van der Waals surface area contributed by atoms with Crippen LogP contribution in [0.4, 0.5) is 0 Å². The van der Waals surface area contributed by atoms with Crippen LogP contribution in [0.15, 0.2) is 42.5 Å². The highest BCUT2D eigenvalue weighted by atomic mass is 14.2. The third kappa shape index (κ3) is 1.52. The molecule has 0 aliphatic heterocycles. The third-order valence-corrected chi connectivity index (χ3v) is 2.00. The van der Waals surface area contributed by atoms with Gasteiger partial charge in [0.2, 0.25) is 0 Å². The number of nitrogens with zero attached hydrogens (tertiary/aromatic N) is 1. The molecule has 0 unspecified atom stereocenters. The lowest BCUT2D eigenvalue weighted by Crippen LogP contribution is -1.78. The summed E-state index contributed by atoms with van der Waals surface area (Å²) in [5.74, 6) is 0. The van der Waals surface area contributed by atoms with Crippen molar-refractivity contribution >= 4 is 10.8 Å². The second kappa shape index (κ2) is 3.28. The van der Waals surface area contributed by atoms with Crippen molar-refractivity contribution in [1.82, 2.24) is 0 Å². The van der Waals surface area contributed by atoms with Crippen LogP contribution in [-0.4, -0.2) is 0 Å². The molecule has 0 bridgehead atoms. The van der Waals surface area contributed by atoms with Crippen LogP contribution >= 0.6 is 0 Å². The van der Waals surface area contributed by atoms with Gasteiger partial charge in [-0.2, -0.15) is 5.26 Å². The Bertz CT molecular complexity index is 466. The molecule has 2 aromatic rings. The Morgan fingerprint density at radius 1 is 1.00 bits per heavy atom. The van der Waals surface area contributed by atoms with E-state index in [1.165, 1.54) is 10.8 Å². The highest BCUT2D eigenvalue weighted by Gasteiger charge is 1.94. The summed E-state index contributed by atoms with van der Waals surface area (Å²) < 4.78 is 0. The van der Waals surface area contributed by atoms with Crippen molar-refractivity contribution in [3.63, 3.8) is 0 Å². The second-order valence-electron chi connectivity index (χ2n) is 2.88. The Morgan fingerprint density at radius 3 is 2.54 bits per heavy atom. The zero-order chi connectivity index (χ0) is 9.10. The van der Waals surface area contributed by atoms with E-state index in [1.807, 2.05) is 42.5 Å². The van der Waals surface area contributed by atoms with Crippen LogP contribution in [0.5, 0.6) is 0 Å². The van der Waals surface area contributed by atoms with E-state index in [-0.39, 0.29) is 0 Å². The van der Waals surface area contributed by atoms with Crippen molar-refractivity contribution in [3.05, 3.63) is 54.4 Å². The van der Waals surface area contributed by atoms with E-state index in [1.54, 1.807) is 6.42 Å². The van der Waals surface area contributed by atoms with E-state index in [2.05, 4.69) is 6.07 Å². The quantitative estimate of drug-likeness (QED) is 0.639. The molecule has 0 atom stereocenters. The van der Waals surface area contributed by atoms with Crippen LogP contribution in [0, 0.1) is 17.8 Å². The molecule has 2 rings (SSSR count). The Kier molecular flexibility index (Phi) is 1.97. The van der Waals surface area contributed by atoms with E-state index in [4.69, 9.17) is 5.26 Å². The molecule has 0 aromatic heterocycles. The average Bonchev–Trinajstić information content (AvgIpc) is 2.18. The van der Waals surface area contributed by atoms with Crippen LogP contribution < -0.4 is 0 Å². The molecule has 1 heteroatoms. The molecule has 61 valence electrons. The monoisotopic (exact) mass is 166 g/mol. The van der Waals surface area contributed by atoms with Gasteiger partial charge in [0.1, 0.15) is 0 Å². The van der Waals surface area contributed by atoms with E-state index in [0.29, 0.717) is 0 Å². The van der Waals surface area contributed by atoms with Crippen molar-refractivity contribution in [2.75, 3.05) is 0 Å². The molecule has 13 heavy (non-hydrogen) atoms. The second-order valence-corrected chi connectivity index (χ2v) is 2.88. The molecular weight excluding hydrogens is 158 g/mol. The standard InChI is InChI=1S/C12H8N/c13-8-7-10-5-6-11-3-1-2-4-12(11)9-10/h1-7,9H. The first kappa shape index (κ1) is 7.82. The molecule has 1 nitrogen and oxygen atoms in total. The molecule has 2 aromatic carbocycles. The van der Waals surface area contributed by atoms with Gasteiger partial charge in [-0.1, -0.05) is 36.4 Å². The molecule has 0 aliphatic rings. The molecule has 0 N–H and O–H groups in total. The van der Waals surface area contributed by atoms with Gasteiger partial charge in [0.05, 0.1) is 12.5 Å². The number of nitriles is 1. The molecule has 0 amide bonds. The summed E-state index contributed by atoms with van der Waals surface area (Å²) in [6.45, 7) is 0. The fourth-order valence-electron chi connectivity index (χ4n) is 1.37. The summed E-state index contributed by atoms with van der Waals surface area (Å²) in [5.41, 5.74) is 0.959. The first-order chi connectivity index (χ1) is 6.40. The summed E-state index contributed by atoms with van der Waals surface area (Å²) in [5, 5.41) is 10.9. The Hall–Kier alpha value is -1.81. The van der Waals surface area contributed by atoms with Crippen molar-refractivity contribution in [2.24, 2.45) is 0 Å². The van der Waals surface area contributed by atoms with Crippen molar-refractivity contribution < 1.29 is 0 Å². The van der Waals surface area contributed by atoms with Crippen molar-refractivity contribution in [2.45, 2.75) is 0 Å². The Balaban J connectivity index is 2.57. The topological polar surface area (TPSA) is 23.8 Å². The molecule has 0 spiro atoms. The predicted molar refractivity (Wildman–Crippen MR) is 53.0 cm³/mol. The third-order valence-electron chi connectivity index (χ3n) is 2.00. The molecule has 0 fully saturated rings. The minimum absolute atomic E-state index is 0.959. The maximum Gasteiger partial charge on any atom is 0.0912 e. The van der Waals surface area contributed by atoms with Crippen LogP contribution in [0.25, 0.3) is 10.8 Å². The number of hydrogen-bond donors (Lipinski definition) is 0. The van der Waals surface area contributed by atoms with Gasteiger partial charge in [-0.3, -0.25) is 0 Å². The van der Waals surface area contributed by atoms with Crippen LogP contribution in [0.1, 0.15) is 5.56 Å². The van der Waals surface area contributed by atoms with Gasteiger partial charge in [-0.05, 0) is 22.4 Å². The summed E-state index contributed by atoms with van der Waals surface area (Å²) in [7, 11) is 0. The summed E-state index contributed by atoms with van der Waals surface area (Å²) in [6.07, 6.45) is 1.55. The first-order valence-corrected chi connectivity index (χ1v) is 4.12.